The molecule has 1 aliphatic rings. The molecule has 4 rings (SSSR count). The molecule has 0 aliphatic carbocycles. The molecule has 0 spiro atoms. The van der Waals surface area contributed by atoms with Gasteiger partial charge in [0.15, 0.2) is 0 Å². The van der Waals surface area contributed by atoms with E-state index in [-0.39, 0.29) is 24.2 Å². The Balaban J connectivity index is 1.50. The number of nitrogens with zero attached hydrogens (tertiary/aromatic N) is 4. The minimum atomic E-state index is -0.297. The van der Waals surface area contributed by atoms with Crippen LogP contribution in [0.15, 0.2) is 86.0 Å². The van der Waals surface area contributed by atoms with Crippen LogP contribution in [0, 0.1) is 5.92 Å². The SMILES string of the molecule is C=CCN1CCN(C(=O)Cc2cccnc2)C[C@H](Cc2ccc(-c3cccnc3)cc2)C1=O. The van der Waals surface area contributed by atoms with Crippen molar-refractivity contribution >= 4 is 11.8 Å². The first-order chi connectivity index (χ1) is 16.1. The summed E-state index contributed by atoms with van der Waals surface area (Å²) in [7, 11) is 0. The summed E-state index contributed by atoms with van der Waals surface area (Å²) in [4.78, 5) is 38.2. The second kappa shape index (κ2) is 10.7. The maximum Gasteiger partial charge on any atom is 0.228 e. The van der Waals surface area contributed by atoms with E-state index < -0.39 is 0 Å². The lowest BCUT2D eigenvalue weighted by Gasteiger charge is -2.24. The van der Waals surface area contributed by atoms with Crippen LogP contribution in [-0.2, 0) is 22.4 Å². The minimum Gasteiger partial charge on any atom is -0.340 e. The largest absolute Gasteiger partial charge is 0.340 e. The van der Waals surface area contributed by atoms with Crippen molar-refractivity contribution in [2.75, 3.05) is 26.2 Å². The van der Waals surface area contributed by atoms with Gasteiger partial charge < -0.3 is 9.80 Å². The number of hydrogen-bond donors (Lipinski definition) is 0. The fourth-order valence-corrected chi connectivity index (χ4v) is 4.20. The molecule has 3 aromatic rings. The predicted octanol–water partition coefficient (Wildman–Crippen LogP) is 3.40. The highest BCUT2D eigenvalue weighted by molar-refractivity contribution is 5.83. The zero-order valence-corrected chi connectivity index (χ0v) is 18.6. The number of rotatable bonds is 7. The molecule has 1 atom stereocenters. The Morgan fingerprint density at radius 2 is 1.73 bits per heavy atom. The van der Waals surface area contributed by atoms with Crippen molar-refractivity contribution in [3.8, 4) is 11.1 Å². The molecule has 1 saturated heterocycles. The predicted molar refractivity (Wildman–Crippen MR) is 128 cm³/mol. The number of carbonyl (C=O) groups excluding carboxylic acids is 2. The monoisotopic (exact) mass is 440 g/mol. The van der Waals surface area contributed by atoms with Gasteiger partial charge in [-0.15, -0.1) is 6.58 Å². The van der Waals surface area contributed by atoms with Gasteiger partial charge >= 0.3 is 0 Å². The normalized spacial score (nSPS) is 16.4. The third-order valence-corrected chi connectivity index (χ3v) is 5.95. The Labute approximate surface area is 194 Å². The summed E-state index contributed by atoms with van der Waals surface area (Å²) in [6.45, 7) is 5.73. The van der Waals surface area contributed by atoms with E-state index in [0.29, 0.717) is 32.6 Å². The van der Waals surface area contributed by atoms with Crippen LogP contribution >= 0.6 is 0 Å². The third-order valence-electron chi connectivity index (χ3n) is 5.95. The summed E-state index contributed by atoms with van der Waals surface area (Å²) in [5, 5.41) is 0. The van der Waals surface area contributed by atoms with Crippen LogP contribution in [-0.4, -0.2) is 57.8 Å². The van der Waals surface area contributed by atoms with Crippen molar-refractivity contribution in [2.45, 2.75) is 12.8 Å². The summed E-state index contributed by atoms with van der Waals surface area (Å²) < 4.78 is 0. The number of hydrogen-bond acceptors (Lipinski definition) is 4. The van der Waals surface area contributed by atoms with E-state index in [1.807, 2.05) is 35.4 Å². The summed E-state index contributed by atoms with van der Waals surface area (Å²) in [6.07, 6.45) is 9.61. The highest BCUT2D eigenvalue weighted by Crippen LogP contribution is 2.22. The van der Waals surface area contributed by atoms with Crippen LogP contribution in [0.5, 0.6) is 0 Å². The van der Waals surface area contributed by atoms with Crippen LogP contribution in [0.25, 0.3) is 11.1 Å². The molecule has 0 unspecified atom stereocenters. The fourth-order valence-electron chi connectivity index (χ4n) is 4.20. The Morgan fingerprint density at radius 3 is 2.39 bits per heavy atom. The van der Waals surface area contributed by atoms with Crippen molar-refractivity contribution in [3.05, 3.63) is 97.1 Å². The maximum atomic E-state index is 13.3. The summed E-state index contributed by atoms with van der Waals surface area (Å²) in [6, 6.07) is 15.9. The van der Waals surface area contributed by atoms with Crippen molar-refractivity contribution in [2.24, 2.45) is 5.92 Å². The number of benzene rings is 1. The van der Waals surface area contributed by atoms with Gasteiger partial charge in [0.25, 0.3) is 0 Å². The van der Waals surface area contributed by atoms with Crippen LogP contribution < -0.4 is 0 Å². The molecule has 0 saturated carbocycles. The van der Waals surface area contributed by atoms with Crippen molar-refractivity contribution in [3.63, 3.8) is 0 Å². The molecule has 6 heteroatoms. The zero-order chi connectivity index (χ0) is 23.0. The standard InChI is InChI=1S/C27H28N4O2/c1-2-13-30-14-15-31(26(32)17-22-5-3-11-28-18-22)20-25(27(30)33)16-21-7-9-23(10-8-21)24-6-4-12-29-19-24/h2-12,18-19,25H,1,13-17,20H2/t25-/m0/s1. The molecule has 2 amide bonds. The first-order valence-corrected chi connectivity index (χ1v) is 11.2. The topological polar surface area (TPSA) is 66.4 Å². The molecule has 2 aromatic heterocycles. The third kappa shape index (κ3) is 5.71. The number of carbonyl (C=O) groups is 2. The molecule has 33 heavy (non-hydrogen) atoms. The Bertz CT molecular complexity index is 1080. The fraction of sp³-hybridized carbons (Fsp3) is 0.259. The molecular formula is C27H28N4O2. The summed E-state index contributed by atoms with van der Waals surface area (Å²) in [5.74, 6) is -0.203. The van der Waals surface area contributed by atoms with Gasteiger partial charge in [0.2, 0.25) is 11.8 Å². The molecule has 0 radical (unpaired) electrons. The maximum absolute atomic E-state index is 13.3. The molecular weight excluding hydrogens is 412 g/mol. The van der Waals surface area contributed by atoms with Crippen molar-refractivity contribution < 1.29 is 9.59 Å². The van der Waals surface area contributed by atoms with E-state index in [2.05, 4.69) is 40.8 Å². The van der Waals surface area contributed by atoms with Gasteiger partial charge in [-0.25, -0.2) is 0 Å². The molecule has 168 valence electrons. The highest BCUT2D eigenvalue weighted by atomic mass is 16.2. The van der Waals surface area contributed by atoms with Crippen LogP contribution in [0.3, 0.4) is 0 Å². The molecule has 0 bridgehead atoms. The van der Waals surface area contributed by atoms with Gasteiger partial charge in [-0.2, -0.15) is 0 Å². The minimum absolute atomic E-state index is 0.0215. The van der Waals surface area contributed by atoms with E-state index in [1.165, 1.54) is 0 Å². The smallest absolute Gasteiger partial charge is 0.228 e. The highest BCUT2D eigenvalue weighted by Gasteiger charge is 2.31. The molecule has 1 aromatic carbocycles. The quantitative estimate of drug-likeness (QED) is 0.528. The zero-order valence-electron chi connectivity index (χ0n) is 18.6. The Hall–Kier alpha value is -3.80. The first-order valence-electron chi connectivity index (χ1n) is 11.2. The van der Waals surface area contributed by atoms with Crippen LogP contribution in [0.1, 0.15) is 11.1 Å². The van der Waals surface area contributed by atoms with Gasteiger partial charge in [-0.05, 0) is 40.8 Å². The number of amides is 2. The lowest BCUT2D eigenvalue weighted by Crippen LogP contribution is -2.38. The van der Waals surface area contributed by atoms with E-state index in [0.717, 1.165) is 22.3 Å². The van der Waals surface area contributed by atoms with Crippen LogP contribution in [0.2, 0.25) is 0 Å². The number of pyridine rings is 2. The second-order valence-electron chi connectivity index (χ2n) is 8.29. The van der Waals surface area contributed by atoms with Gasteiger partial charge in [-0.3, -0.25) is 19.6 Å². The van der Waals surface area contributed by atoms with Crippen LogP contribution in [0.4, 0.5) is 0 Å². The van der Waals surface area contributed by atoms with E-state index in [9.17, 15) is 9.59 Å². The van der Waals surface area contributed by atoms with E-state index in [1.54, 1.807) is 29.6 Å². The first kappa shape index (κ1) is 22.4. The van der Waals surface area contributed by atoms with Crippen molar-refractivity contribution in [1.29, 1.82) is 0 Å². The molecule has 1 fully saturated rings. The lowest BCUT2D eigenvalue weighted by atomic mass is 9.95. The van der Waals surface area contributed by atoms with E-state index >= 15 is 0 Å². The molecule has 3 heterocycles. The summed E-state index contributed by atoms with van der Waals surface area (Å²) >= 11 is 0. The Morgan fingerprint density at radius 1 is 0.970 bits per heavy atom. The number of aromatic nitrogens is 2. The summed E-state index contributed by atoms with van der Waals surface area (Å²) in [5.41, 5.74) is 4.09. The average molecular weight is 441 g/mol. The molecule has 0 N–H and O–H groups in total. The Kier molecular flexibility index (Phi) is 7.25. The van der Waals surface area contributed by atoms with Crippen molar-refractivity contribution in [1.82, 2.24) is 19.8 Å². The lowest BCUT2D eigenvalue weighted by molar-refractivity contribution is -0.134. The van der Waals surface area contributed by atoms with E-state index in [4.69, 9.17) is 0 Å². The average Bonchev–Trinajstić information content (AvgIpc) is 3.00. The second-order valence-corrected chi connectivity index (χ2v) is 8.29. The molecule has 6 nitrogen and oxygen atoms in total. The van der Waals surface area contributed by atoms with Gasteiger partial charge in [0.05, 0.1) is 12.3 Å². The van der Waals surface area contributed by atoms with Gasteiger partial charge in [0, 0.05) is 51.0 Å². The molecule has 1 aliphatic heterocycles. The van der Waals surface area contributed by atoms with Gasteiger partial charge in [-0.1, -0.05) is 42.5 Å². The van der Waals surface area contributed by atoms with Gasteiger partial charge in [0.1, 0.15) is 0 Å².